The highest BCUT2D eigenvalue weighted by Gasteiger charge is 2.30. The number of piperidine rings is 1. The Hall–Kier alpha value is -2.90. The number of nitrogens with zero attached hydrogens (tertiary/aromatic N) is 1. The van der Waals surface area contributed by atoms with E-state index in [1.165, 1.54) is 23.1 Å². The fourth-order valence-electron chi connectivity index (χ4n) is 3.02. The van der Waals surface area contributed by atoms with Crippen LogP contribution in [0.4, 0.5) is 23.2 Å². The zero-order chi connectivity index (χ0) is 19.6. The molecule has 2 amide bonds. The van der Waals surface area contributed by atoms with Crippen LogP contribution in [0.5, 0.6) is 0 Å². The highest BCUT2D eigenvalue weighted by atomic mass is 19.2. The SMILES string of the molecule is O=C(Nc1cccc(F)c1)C1CCN(C(=O)c2ccc(F)c(F)c2F)CC1. The lowest BCUT2D eigenvalue weighted by Crippen LogP contribution is -2.41. The molecule has 2 aromatic carbocycles. The first kappa shape index (κ1) is 18.9. The molecule has 1 fully saturated rings. The highest BCUT2D eigenvalue weighted by molar-refractivity contribution is 5.95. The summed E-state index contributed by atoms with van der Waals surface area (Å²) < 4.78 is 53.3. The Morgan fingerprint density at radius 1 is 0.963 bits per heavy atom. The van der Waals surface area contributed by atoms with Gasteiger partial charge < -0.3 is 10.2 Å². The molecular weight excluding hydrogens is 364 g/mol. The Bertz CT molecular complexity index is 880. The first-order valence-corrected chi connectivity index (χ1v) is 8.36. The smallest absolute Gasteiger partial charge is 0.256 e. The summed E-state index contributed by atoms with van der Waals surface area (Å²) in [6.07, 6.45) is 0.635. The molecule has 0 radical (unpaired) electrons. The van der Waals surface area contributed by atoms with E-state index in [-0.39, 0.29) is 19.0 Å². The van der Waals surface area contributed by atoms with E-state index in [1.807, 2.05) is 0 Å². The van der Waals surface area contributed by atoms with Gasteiger partial charge in [0, 0.05) is 24.7 Å². The molecule has 27 heavy (non-hydrogen) atoms. The molecule has 4 nitrogen and oxygen atoms in total. The second-order valence-electron chi connectivity index (χ2n) is 6.29. The molecule has 1 aliphatic rings. The molecule has 2 aromatic rings. The summed E-state index contributed by atoms with van der Waals surface area (Å²) >= 11 is 0. The second-order valence-corrected chi connectivity index (χ2v) is 6.29. The number of halogens is 4. The summed E-state index contributed by atoms with van der Waals surface area (Å²) in [7, 11) is 0. The van der Waals surface area contributed by atoms with E-state index in [1.54, 1.807) is 6.07 Å². The summed E-state index contributed by atoms with van der Waals surface area (Å²) in [4.78, 5) is 25.9. The molecule has 8 heteroatoms. The number of nitrogens with one attached hydrogen (secondary N) is 1. The Morgan fingerprint density at radius 2 is 1.67 bits per heavy atom. The van der Waals surface area contributed by atoms with Crippen molar-refractivity contribution in [3.05, 3.63) is 65.2 Å². The van der Waals surface area contributed by atoms with Crippen LogP contribution in [-0.4, -0.2) is 29.8 Å². The Labute approximate surface area is 152 Å². The molecular formula is C19H16F4N2O2. The van der Waals surface area contributed by atoms with Gasteiger partial charge in [0.1, 0.15) is 5.82 Å². The maximum atomic E-state index is 13.8. The van der Waals surface area contributed by atoms with Crippen molar-refractivity contribution in [2.45, 2.75) is 12.8 Å². The highest BCUT2D eigenvalue weighted by Crippen LogP contribution is 2.23. The summed E-state index contributed by atoms with van der Waals surface area (Å²) in [5.74, 6) is -6.50. The lowest BCUT2D eigenvalue weighted by Gasteiger charge is -2.31. The van der Waals surface area contributed by atoms with Crippen LogP contribution in [0.25, 0.3) is 0 Å². The van der Waals surface area contributed by atoms with Crippen molar-refractivity contribution in [1.29, 1.82) is 0 Å². The molecule has 0 aliphatic carbocycles. The molecule has 1 aliphatic heterocycles. The monoisotopic (exact) mass is 380 g/mol. The van der Waals surface area contributed by atoms with Gasteiger partial charge in [0.25, 0.3) is 5.91 Å². The maximum Gasteiger partial charge on any atom is 0.256 e. The van der Waals surface area contributed by atoms with Crippen LogP contribution in [0, 0.1) is 29.2 Å². The minimum atomic E-state index is -1.69. The van der Waals surface area contributed by atoms with Crippen LogP contribution in [0.1, 0.15) is 23.2 Å². The van der Waals surface area contributed by atoms with E-state index in [2.05, 4.69) is 5.32 Å². The van der Waals surface area contributed by atoms with E-state index < -0.39 is 40.7 Å². The molecule has 0 unspecified atom stereocenters. The molecule has 3 rings (SSSR count). The van der Waals surface area contributed by atoms with Gasteiger partial charge in [-0.1, -0.05) is 6.07 Å². The van der Waals surface area contributed by atoms with Crippen molar-refractivity contribution < 1.29 is 27.2 Å². The number of amides is 2. The molecule has 1 heterocycles. The summed E-state index contributed by atoms with van der Waals surface area (Å²) in [5.41, 5.74) is -0.209. The normalized spacial score (nSPS) is 14.9. The lowest BCUT2D eigenvalue weighted by atomic mass is 9.95. The first-order valence-electron chi connectivity index (χ1n) is 8.36. The minimum Gasteiger partial charge on any atom is -0.339 e. The maximum absolute atomic E-state index is 13.8. The molecule has 1 saturated heterocycles. The van der Waals surface area contributed by atoms with E-state index in [9.17, 15) is 27.2 Å². The van der Waals surface area contributed by atoms with Gasteiger partial charge in [0.05, 0.1) is 5.56 Å². The van der Waals surface area contributed by atoms with Gasteiger partial charge in [0.2, 0.25) is 5.91 Å². The number of benzene rings is 2. The van der Waals surface area contributed by atoms with Crippen molar-refractivity contribution >= 4 is 17.5 Å². The zero-order valence-electron chi connectivity index (χ0n) is 14.1. The number of hydrogen-bond donors (Lipinski definition) is 1. The summed E-state index contributed by atoms with van der Waals surface area (Å²) in [5, 5.41) is 2.62. The number of carbonyl (C=O) groups excluding carboxylic acids is 2. The molecule has 1 N–H and O–H groups in total. The van der Waals surface area contributed by atoms with Crippen LogP contribution >= 0.6 is 0 Å². The molecule has 0 spiro atoms. The molecule has 0 bridgehead atoms. The number of carbonyl (C=O) groups is 2. The summed E-state index contributed by atoms with van der Waals surface area (Å²) in [6.45, 7) is 0.330. The van der Waals surface area contributed by atoms with Gasteiger partial charge in [-0.2, -0.15) is 0 Å². The van der Waals surface area contributed by atoms with Gasteiger partial charge in [0.15, 0.2) is 17.5 Å². The average molecular weight is 380 g/mol. The van der Waals surface area contributed by atoms with E-state index >= 15 is 0 Å². The molecule has 0 saturated carbocycles. The quantitative estimate of drug-likeness (QED) is 0.652. The van der Waals surface area contributed by atoms with Gasteiger partial charge in [-0.3, -0.25) is 9.59 Å². The largest absolute Gasteiger partial charge is 0.339 e. The van der Waals surface area contributed by atoms with Crippen molar-refractivity contribution in [3.63, 3.8) is 0 Å². The van der Waals surface area contributed by atoms with Crippen LogP contribution in [0.2, 0.25) is 0 Å². The molecule has 0 atom stereocenters. The van der Waals surface area contributed by atoms with Crippen molar-refractivity contribution in [2.75, 3.05) is 18.4 Å². The predicted octanol–water partition coefficient (Wildman–Crippen LogP) is 3.73. The molecule has 142 valence electrons. The van der Waals surface area contributed by atoms with Crippen LogP contribution in [-0.2, 0) is 4.79 Å². The van der Waals surface area contributed by atoms with Gasteiger partial charge >= 0.3 is 0 Å². The summed E-state index contributed by atoms with van der Waals surface area (Å²) in [6, 6.07) is 7.09. The van der Waals surface area contributed by atoms with E-state index in [0.717, 1.165) is 6.07 Å². The second kappa shape index (κ2) is 7.77. The topological polar surface area (TPSA) is 49.4 Å². The zero-order valence-corrected chi connectivity index (χ0v) is 14.1. The number of rotatable bonds is 3. The van der Waals surface area contributed by atoms with E-state index in [4.69, 9.17) is 0 Å². The third kappa shape index (κ3) is 4.10. The number of likely N-dealkylation sites (tertiary alicyclic amines) is 1. The van der Waals surface area contributed by atoms with Crippen LogP contribution in [0.15, 0.2) is 36.4 Å². The van der Waals surface area contributed by atoms with Crippen molar-refractivity contribution in [1.82, 2.24) is 4.90 Å². The fraction of sp³-hybridized carbons (Fsp3) is 0.263. The Morgan fingerprint density at radius 3 is 2.33 bits per heavy atom. The minimum absolute atomic E-state index is 0.165. The van der Waals surface area contributed by atoms with Crippen molar-refractivity contribution in [3.8, 4) is 0 Å². The van der Waals surface area contributed by atoms with Gasteiger partial charge in [-0.05, 0) is 43.2 Å². The third-order valence-corrected chi connectivity index (χ3v) is 4.51. The van der Waals surface area contributed by atoms with Crippen LogP contribution in [0.3, 0.4) is 0 Å². The van der Waals surface area contributed by atoms with E-state index in [0.29, 0.717) is 24.6 Å². The lowest BCUT2D eigenvalue weighted by molar-refractivity contribution is -0.121. The predicted molar refractivity (Wildman–Crippen MR) is 90.0 cm³/mol. The standard InChI is InChI=1S/C19H16F4N2O2/c20-12-2-1-3-13(10-12)24-18(26)11-6-8-25(9-7-11)19(27)14-4-5-15(21)17(23)16(14)22/h1-5,10-11H,6-9H2,(H,24,26). The molecule has 0 aromatic heterocycles. The number of hydrogen-bond acceptors (Lipinski definition) is 2. The average Bonchev–Trinajstić information content (AvgIpc) is 2.66. The van der Waals surface area contributed by atoms with Crippen LogP contribution < -0.4 is 5.32 Å². The van der Waals surface area contributed by atoms with Gasteiger partial charge in [-0.25, -0.2) is 17.6 Å². The fourth-order valence-corrected chi connectivity index (χ4v) is 3.02. The van der Waals surface area contributed by atoms with Crippen molar-refractivity contribution in [2.24, 2.45) is 5.92 Å². The Balaban J connectivity index is 1.61. The Kier molecular flexibility index (Phi) is 5.43. The first-order chi connectivity index (χ1) is 12.9. The number of anilines is 1. The van der Waals surface area contributed by atoms with Gasteiger partial charge in [-0.15, -0.1) is 0 Å². The third-order valence-electron chi connectivity index (χ3n) is 4.51.